The maximum absolute atomic E-state index is 2.70. The number of fused-ring (bicyclic) bond motifs is 1. The van der Waals surface area contributed by atoms with Crippen LogP contribution in [0, 0.1) is 0 Å². The van der Waals surface area contributed by atoms with Gasteiger partial charge in [0.1, 0.15) is 0 Å². The van der Waals surface area contributed by atoms with Crippen molar-refractivity contribution in [1.82, 2.24) is 0 Å². The summed E-state index contributed by atoms with van der Waals surface area (Å²) in [7, 11) is 6.79. The first-order chi connectivity index (χ1) is 24.4. The normalized spacial score (nSPS) is 11.6. The van der Waals surface area contributed by atoms with Gasteiger partial charge in [0.05, 0.1) is 34.1 Å². The van der Waals surface area contributed by atoms with Crippen LogP contribution in [0.25, 0.3) is 22.9 Å². The molecule has 52 heavy (non-hydrogen) atoms. The van der Waals surface area contributed by atoms with Crippen LogP contribution in [0.2, 0.25) is 0 Å². The summed E-state index contributed by atoms with van der Waals surface area (Å²) < 4.78 is 3.32. The van der Waals surface area contributed by atoms with E-state index in [-0.39, 0.29) is 34.0 Å². The Morgan fingerprint density at radius 2 is 0.942 bits per heavy atom. The third kappa shape index (κ3) is 21.9. The van der Waals surface area contributed by atoms with Crippen LogP contribution in [-0.2, 0) is 6.54 Å². The molecule has 3 nitrogen and oxygen atoms in total. The molecule has 0 unspecified atom stereocenters. The summed E-state index contributed by atoms with van der Waals surface area (Å²) in [6.07, 6.45) is 38.1. The van der Waals surface area contributed by atoms with Gasteiger partial charge in [-0.2, -0.15) is 0 Å². The fourth-order valence-corrected chi connectivity index (χ4v) is 7.15. The summed E-state index contributed by atoms with van der Waals surface area (Å²) in [6.45, 7) is 9.25. The molecule has 3 rings (SSSR count). The van der Waals surface area contributed by atoms with E-state index in [9.17, 15) is 0 Å². The minimum atomic E-state index is 0. The first-order valence-electron chi connectivity index (χ1n) is 21.1. The quantitative estimate of drug-likeness (QED) is 0.0414. The molecule has 0 aliphatic rings. The number of rotatable bonds is 29. The second-order valence-corrected chi connectivity index (χ2v) is 16.2. The second-order valence-electron chi connectivity index (χ2n) is 16.2. The number of quaternary nitrogens is 1. The van der Waals surface area contributed by atoms with Gasteiger partial charge >= 0.3 is 0 Å². The molecule has 5 heteroatoms. The zero-order valence-electron chi connectivity index (χ0n) is 34.2. The van der Waals surface area contributed by atoms with Crippen LogP contribution in [0.1, 0.15) is 160 Å². The standard InChI is InChI=1S/C47H77N3.2BrH/c1-6-8-10-12-14-16-18-20-22-24-36-49(37-25-23-21-19-17-15-13-11-9-7-2)47-32-31-45-41-44(29-30-46(45)42-47)28-27-43-33-38-48(39-34-43)35-26-40-50(3,4)5;;/h27-34,38-39,41-42H,6-26,35-37,40H2,1-5H3;2*1H/q+2;;/p-2. The van der Waals surface area contributed by atoms with E-state index in [0.717, 1.165) is 11.0 Å². The monoisotopic (exact) mass is 841 g/mol. The number of hydrogen-bond donors (Lipinski definition) is 0. The van der Waals surface area contributed by atoms with Gasteiger partial charge in [0, 0.05) is 30.9 Å². The first-order valence-corrected chi connectivity index (χ1v) is 21.1. The zero-order chi connectivity index (χ0) is 35.7. The molecular weight excluding hydrogens is 766 g/mol. The third-order valence-electron chi connectivity index (χ3n) is 10.4. The second kappa shape index (κ2) is 29.6. The number of aryl methyl sites for hydroxylation is 1. The molecule has 0 N–H and O–H groups in total. The third-order valence-corrected chi connectivity index (χ3v) is 10.4. The molecule has 0 saturated heterocycles. The molecule has 0 atom stereocenters. The number of unbranched alkanes of at least 4 members (excludes halogenated alkanes) is 18. The van der Waals surface area contributed by atoms with E-state index in [4.69, 9.17) is 0 Å². The van der Waals surface area contributed by atoms with Crippen molar-refractivity contribution in [3.63, 3.8) is 0 Å². The molecule has 3 aromatic rings. The molecular formula is C47H77Br2N3. The first kappa shape index (κ1) is 48.3. The van der Waals surface area contributed by atoms with E-state index in [2.05, 4.69) is 118 Å². The summed E-state index contributed by atoms with van der Waals surface area (Å²) >= 11 is 0. The average molecular weight is 844 g/mol. The van der Waals surface area contributed by atoms with Crippen molar-refractivity contribution in [3.8, 4) is 0 Å². The van der Waals surface area contributed by atoms with Gasteiger partial charge < -0.3 is 43.3 Å². The number of anilines is 1. The highest BCUT2D eigenvalue weighted by atomic mass is 79.9. The van der Waals surface area contributed by atoms with Crippen LogP contribution < -0.4 is 43.4 Å². The highest BCUT2D eigenvalue weighted by molar-refractivity contribution is 5.88. The van der Waals surface area contributed by atoms with Crippen molar-refractivity contribution < 1.29 is 43.0 Å². The molecule has 0 aliphatic heterocycles. The lowest BCUT2D eigenvalue weighted by atomic mass is 10.0. The maximum Gasteiger partial charge on any atom is 0.169 e. The molecule has 2 aromatic carbocycles. The van der Waals surface area contributed by atoms with Crippen LogP contribution in [0.15, 0.2) is 60.9 Å². The number of aromatic nitrogens is 1. The van der Waals surface area contributed by atoms with E-state index < -0.39 is 0 Å². The maximum atomic E-state index is 2.70. The van der Waals surface area contributed by atoms with Gasteiger partial charge in [-0.3, -0.25) is 0 Å². The van der Waals surface area contributed by atoms with Gasteiger partial charge in [-0.25, -0.2) is 4.57 Å². The molecule has 0 fully saturated rings. The van der Waals surface area contributed by atoms with Crippen molar-refractivity contribution in [2.24, 2.45) is 0 Å². The Hall–Kier alpha value is -1.69. The molecule has 0 saturated carbocycles. The highest BCUT2D eigenvalue weighted by Crippen LogP contribution is 2.25. The molecule has 1 heterocycles. The largest absolute Gasteiger partial charge is 1.00 e. The lowest BCUT2D eigenvalue weighted by Gasteiger charge is -2.25. The van der Waals surface area contributed by atoms with Crippen molar-refractivity contribution in [2.75, 3.05) is 45.7 Å². The Morgan fingerprint density at radius 3 is 1.44 bits per heavy atom. The molecule has 0 bridgehead atoms. The van der Waals surface area contributed by atoms with Gasteiger partial charge in [0.25, 0.3) is 0 Å². The van der Waals surface area contributed by atoms with E-state index in [1.807, 2.05) is 0 Å². The van der Waals surface area contributed by atoms with E-state index in [1.54, 1.807) is 0 Å². The molecule has 0 spiro atoms. The summed E-state index contributed by atoms with van der Waals surface area (Å²) in [4.78, 5) is 2.70. The smallest absolute Gasteiger partial charge is 0.169 e. The summed E-state index contributed by atoms with van der Waals surface area (Å²) in [6, 6.07) is 18.6. The van der Waals surface area contributed by atoms with E-state index in [1.165, 1.54) is 182 Å². The fourth-order valence-electron chi connectivity index (χ4n) is 7.15. The van der Waals surface area contributed by atoms with Crippen LogP contribution in [0.4, 0.5) is 5.69 Å². The van der Waals surface area contributed by atoms with E-state index in [0.29, 0.717) is 0 Å². The number of hydrogen-bond acceptors (Lipinski definition) is 1. The van der Waals surface area contributed by atoms with Crippen molar-refractivity contribution in [3.05, 3.63) is 72.1 Å². The molecule has 294 valence electrons. The summed E-state index contributed by atoms with van der Waals surface area (Å²) in [5.41, 5.74) is 3.92. The van der Waals surface area contributed by atoms with Gasteiger partial charge in [0.15, 0.2) is 18.9 Å². The minimum Gasteiger partial charge on any atom is -1.00 e. The van der Waals surface area contributed by atoms with Crippen LogP contribution >= 0.6 is 0 Å². The Kier molecular flexibility index (Phi) is 27.5. The van der Waals surface area contributed by atoms with Gasteiger partial charge in [-0.05, 0) is 52.9 Å². The highest BCUT2D eigenvalue weighted by Gasteiger charge is 2.10. The van der Waals surface area contributed by atoms with Crippen LogP contribution in [-0.4, -0.2) is 45.3 Å². The fraction of sp³-hybridized carbons (Fsp3) is 0.638. The Morgan fingerprint density at radius 1 is 0.500 bits per heavy atom. The van der Waals surface area contributed by atoms with Crippen molar-refractivity contribution >= 4 is 28.6 Å². The number of benzene rings is 2. The minimum absolute atomic E-state index is 0. The van der Waals surface area contributed by atoms with E-state index >= 15 is 0 Å². The Labute approximate surface area is 342 Å². The SMILES string of the molecule is CCCCCCCCCCCCN(CCCCCCCCCCCC)c1ccc2cc(/C=C/c3cc[n+](CCC[N+](C)(C)C)cc3)ccc2c1.[Br-].[Br-]. The molecule has 1 aromatic heterocycles. The predicted molar refractivity (Wildman–Crippen MR) is 223 cm³/mol. The summed E-state index contributed by atoms with van der Waals surface area (Å²) in [5.74, 6) is 0. The zero-order valence-corrected chi connectivity index (χ0v) is 37.4. The number of pyridine rings is 1. The average Bonchev–Trinajstić information content (AvgIpc) is 3.11. The Bertz CT molecular complexity index is 1290. The topological polar surface area (TPSA) is 7.12 Å². The lowest BCUT2D eigenvalue weighted by Crippen LogP contribution is -3.00. The predicted octanol–water partition coefficient (Wildman–Crippen LogP) is 7.05. The van der Waals surface area contributed by atoms with Crippen molar-refractivity contribution in [1.29, 1.82) is 0 Å². The van der Waals surface area contributed by atoms with Crippen molar-refractivity contribution in [2.45, 2.75) is 155 Å². The molecule has 0 radical (unpaired) electrons. The van der Waals surface area contributed by atoms with Gasteiger partial charge in [-0.1, -0.05) is 160 Å². The lowest BCUT2D eigenvalue weighted by molar-refractivity contribution is -0.873. The van der Waals surface area contributed by atoms with Gasteiger partial charge in [-0.15, -0.1) is 0 Å². The molecule has 0 aliphatic carbocycles. The van der Waals surface area contributed by atoms with Crippen LogP contribution in [0.5, 0.6) is 0 Å². The Balaban J connectivity index is 0.00000676. The number of nitrogens with zero attached hydrogens (tertiary/aromatic N) is 3. The number of halogens is 2. The summed E-state index contributed by atoms with van der Waals surface area (Å²) in [5, 5.41) is 2.68. The molecule has 0 amide bonds. The van der Waals surface area contributed by atoms with Crippen LogP contribution in [0.3, 0.4) is 0 Å². The van der Waals surface area contributed by atoms with Gasteiger partial charge in [0.2, 0.25) is 0 Å².